The summed E-state index contributed by atoms with van der Waals surface area (Å²) in [6.45, 7) is 11.1. The maximum absolute atomic E-state index is 11.9. The van der Waals surface area contributed by atoms with Crippen LogP contribution in [0.3, 0.4) is 0 Å². The first-order valence-corrected chi connectivity index (χ1v) is 9.85. The highest BCUT2D eigenvalue weighted by Crippen LogP contribution is 2.12. The Labute approximate surface area is 165 Å². The number of rotatable bonds is 10. The van der Waals surface area contributed by atoms with E-state index in [4.69, 9.17) is 4.74 Å². The zero-order chi connectivity index (χ0) is 20.1. The topological polar surface area (TPSA) is 26.3 Å². The van der Waals surface area contributed by atoms with Gasteiger partial charge in [0.1, 0.15) is 0 Å². The van der Waals surface area contributed by atoms with E-state index in [1.165, 1.54) is 16.7 Å². The summed E-state index contributed by atoms with van der Waals surface area (Å²) in [7, 11) is 0. The maximum atomic E-state index is 11.9. The van der Waals surface area contributed by atoms with E-state index >= 15 is 0 Å². The number of ether oxygens (including phenoxy) is 1. The van der Waals surface area contributed by atoms with Gasteiger partial charge < -0.3 is 4.74 Å². The lowest BCUT2D eigenvalue weighted by Gasteiger charge is -2.04. The molecule has 0 aliphatic rings. The van der Waals surface area contributed by atoms with Crippen LogP contribution >= 0.6 is 0 Å². The minimum absolute atomic E-state index is 0.246. The number of allylic oxidation sites excluding steroid dienone is 7. The van der Waals surface area contributed by atoms with E-state index in [0.29, 0.717) is 12.2 Å². The monoisotopic (exact) mass is 366 g/mol. The fourth-order valence-electron chi connectivity index (χ4n) is 2.45. The third kappa shape index (κ3) is 10.4. The number of carbonyl (C=O) groups is 1. The molecule has 0 radical (unpaired) electrons. The summed E-state index contributed by atoms with van der Waals surface area (Å²) >= 11 is 0. The predicted octanol–water partition coefficient (Wildman–Crippen LogP) is 7.30. The smallest absolute Gasteiger partial charge is 0.338 e. The highest BCUT2D eigenvalue weighted by molar-refractivity contribution is 5.89. The third-order valence-electron chi connectivity index (χ3n) is 4.10. The predicted molar refractivity (Wildman–Crippen MR) is 117 cm³/mol. The second-order valence-electron chi connectivity index (χ2n) is 7.19. The molecule has 1 rings (SSSR count). The zero-order valence-corrected chi connectivity index (χ0v) is 17.5. The fourth-order valence-corrected chi connectivity index (χ4v) is 2.45. The molecule has 27 heavy (non-hydrogen) atoms. The van der Waals surface area contributed by atoms with Crippen molar-refractivity contribution < 1.29 is 9.53 Å². The van der Waals surface area contributed by atoms with E-state index in [2.05, 4.69) is 65.0 Å². The van der Waals surface area contributed by atoms with E-state index in [0.717, 1.165) is 31.2 Å². The summed E-state index contributed by atoms with van der Waals surface area (Å²) in [5.41, 5.74) is 5.60. The molecule has 0 saturated carbocycles. The molecule has 0 bridgehead atoms. The Morgan fingerprint density at radius 2 is 1.78 bits per heavy atom. The van der Waals surface area contributed by atoms with Crippen LogP contribution in [0.4, 0.5) is 0 Å². The minimum atomic E-state index is -0.246. The number of hydrogen-bond donors (Lipinski definition) is 0. The Balaban J connectivity index is 2.58. The van der Waals surface area contributed by atoms with Crippen molar-refractivity contribution in [3.8, 4) is 0 Å². The number of hydrogen-bond acceptors (Lipinski definition) is 2. The number of esters is 1. The van der Waals surface area contributed by atoms with Crippen molar-refractivity contribution in [1.29, 1.82) is 0 Å². The van der Waals surface area contributed by atoms with Gasteiger partial charge in [-0.05, 0) is 64.7 Å². The zero-order valence-electron chi connectivity index (χ0n) is 17.5. The normalized spacial score (nSPS) is 12.3. The first-order chi connectivity index (χ1) is 12.9. The van der Waals surface area contributed by atoms with Crippen LogP contribution in [0.25, 0.3) is 6.08 Å². The molecule has 146 valence electrons. The van der Waals surface area contributed by atoms with Gasteiger partial charge >= 0.3 is 5.97 Å². The van der Waals surface area contributed by atoms with Gasteiger partial charge in [0.25, 0.3) is 0 Å². The molecule has 2 nitrogen and oxygen atoms in total. The average molecular weight is 367 g/mol. The van der Waals surface area contributed by atoms with Gasteiger partial charge in [-0.15, -0.1) is 0 Å². The van der Waals surface area contributed by atoms with Gasteiger partial charge in [-0.3, -0.25) is 0 Å². The third-order valence-corrected chi connectivity index (χ3v) is 4.10. The maximum Gasteiger partial charge on any atom is 0.338 e. The van der Waals surface area contributed by atoms with Crippen molar-refractivity contribution in [2.24, 2.45) is 0 Å². The fraction of sp³-hybridized carbons (Fsp3) is 0.400. The van der Waals surface area contributed by atoms with Crippen molar-refractivity contribution in [3.05, 3.63) is 76.4 Å². The molecule has 0 amide bonds. The Hall–Kier alpha value is -2.35. The number of carbonyl (C=O) groups excluding carboxylic acids is 1. The minimum Gasteiger partial charge on any atom is -0.462 e. The molecule has 0 atom stereocenters. The average Bonchev–Trinajstić information content (AvgIpc) is 2.62. The van der Waals surface area contributed by atoms with Gasteiger partial charge in [0.15, 0.2) is 0 Å². The van der Waals surface area contributed by atoms with Crippen molar-refractivity contribution in [2.45, 2.75) is 60.3 Å². The summed E-state index contributed by atoms with van der Waals surface area (Å²) in [4.78, 5) is 11.9. The van der Waals surface area contributed by atoms with Gasteiger partial charge in [0, 0.05) is 0 Å². The molecule has 1 aromatic rings. The van der Waals surface area contributed by atoms with E-state index in [-0.39, 0.29) is 5.97 Å². The lowest BCUT2D eigenvalue weighted by molar-refractivity contribution is 0.0500. The molecule has 2 heteroatoms. The van der Waals surface area contributed by atoms with Crippen LogP contribution in [0.1, 0.15) is 76.2 Å². The molecule has 0 aromatic heterocycles. The van der Waals surface area contributed by atoms with Gasteiger partial charge in [0.05, 0.1) is 12.2 Å². The van der Waals surface area contributed by atoms with Gasteiger partial charge in [-0.1, -0.05) is 72.6 Å². The van der Waals surface area contributed by atoms with Gasteiger partial charge in [-0.2, -0.15) is 0 Å². The van der Waals surface area contributed by atoms with Crippen LogP contribution in [0.2, 0.25) is 0 Å². The van der Waals surface area contributed by atoms with Crippen LogP contribution in [0.15, 0.2) is 65.3 Å². The highest BCUT2D eigenvalue weighted by Gasteiger charge is 2.05. The molecule has 0 fully saturated rings. The first-order valence-electron chi connectivity index (χ1n) is 9.85. The Morgan fingerprint density at radius 3 is 2.41 bits per heavy atom. The van der Waals surface area contributed by atoms with E-state index in [1.54, 1.807) is 0 Å². The van der Waals surface area contributed by atoms with Crippen molar-refractivity contribution in [1.82, 2.24) is 0 Å². The summed E-state index contributed by atoms with van der Waals surface area (Å²) in [5, 5.41) is 0. The second-order valence-corrected chi connectivity index (χ2v) is 7.19. The molecule has 0 saturated heterocycles. The van der Waals surface area contributed by atoms with Crippen LogP contribution in [0.5, 0.6) is 0 Å². The molecule has 0 heterocycles. The highest BCUT2D eigenvalue weighted by atomic mass is 16.5. The lowest BCUT2D eigenvalue weighted by atomic mass is 10.1. The second kappa shape index (κ2) is 12.9. The molecule has 0 aliphatic heterocycles. The Bertz CT molecular complexity index is 696. The standard InChI is InChI=1S/C25H34O2/c1-6-7-18-27-25(26)24-16-14-23(15-17-24)19-22(5)13-9-12-21(4)11-8-10-20(2)3/h9-10,12-17,19H,6-8,11,18H2,1-5H3. The van der Waals surface area contributed by atoms with E-state index in [1.807, 2.05) is 24.3 Å². The number of unbranched alkanes of at least 4 members (excludes halogenated alkanes) is 1. The quantitative estimate of drug-likeness (QED) is 0.188. The van der Waals surface area contributed by atoms with Crippen molar-refractivity contribution in [2.75, 3.05) is 6.61 Å². The van der Waals surface area contributed by atoms with Crippen molar-refractivity contribution in [3.63, 3.8) is 0 Å². The summed E-state index contributed by atoms with van der Waals surface area (Å²) in [5.74, 6) is -0.246. The van der Waals surface area contributed by atoms with Crippen LogP contribution in [0, 0.1) is 0 Å². The Kier molecular flexibility index (Phi) is 10.9. The van der Waals surface area contributed by atoms with Gasteiger partial charge in [0.2, 0.25) is 0 Å². The molecular weight excluding hydrogens is 332 g/mol. The molecular formula is C25H34O2. The summed E-state index contributed by atoms with van der Waals surface area (Å²) < 4.78 is 5.23. The largest absolute Gasteiger partial charge is 0.462 e. The molecule has 1 aromatic carbocycles. The lowest BCUT2D eigenvalue weighted by Crippen LogP contribution is -2.06. The first kappa shape index (κ1) is 22.7. The molecule has 0 spiro atoms. The van der Waals surface area contributed by atoms with Crippen LogP contribution in [-0.2, 0) is 4.74 Å². The van der Waals surface area contributed by atoms with Crippen LogP contribution in [-0.4, -0.2) is 12.6 Å². The molecule has 0 N–H and O–H groups in total. The summed E-state index contributed by atoms with van der Waals surface area (Å²) in [6, 6.07) is 7.55. The summed E-state index contributed by atoms with van der Waals surface area (Å²) in [6.07, 6.45) is 14.9. The molecule has 0 unspecified atom stereocenters. The Morgan fingerprint density at radius 1 is 1.07 bits per heavy atom. The molecule has 0 aliphatic carbocycles. The number of benzene rings is 1. The van der Waals surface area contributed by atoms with Crippen molar-refractivity contribution >= 4 is 12.0 Å². The SMILES string of the molecule is CCCCOC(=O)c1ccc(C=C(C)C=CC=C(C)CCC=C(C)C)cc1. The van der Waals surface area contributed by atoms with Crippen LogP contribution < -0.4 is 0 Å². The van der Waals surface area contributed by atoms with E-state index < -0.39 is 0 Å². The van der Waals surface area contributed by atoms with E-state index in [9.17, 15) is 4.79 Å². The van der Waals surface area contributed by atoms with Gasteiger partial charge in [-0.25, -0.2) is 4.79 Å².